The van der Waals surface area contributed by atoms with Gasteiger partial charge in [0.2, 0.25) is 0 Å². The molecule has 1 aliphatic heterocycles. The summed E-state index contributed by atoms with van der Waals surface area (Å²) in [5.74, 6) is -0.280. The van der Waals surface area contributed by atoms with Crippen LogP contribution in [0.3, 0.4) is 0 Å². The Labute approximate surface area is 169 Å². The van der Waals surface area contributed by atoms with Gasteiger partial charge >= 0.3 is 5.97 Å². The summed E-state index contributed by atoms with van der Waals surface area (Å²) in [6.07, 6.45) is -0.0626. The second-order valence-corrected chi connectivity index (χ2v) is 7.10. The monoisotopic (exact) mass is 389 g/mol. The van der Waals surface area contributed by atoms with E-state index in [1.54, 1.807) is 12.1 Å². The number of rotatable bonds is 6. The molecule has 0 aromatic heterocycles. The number of carboxylic acid groups (broad SMARTS) is 1. The summed E-state index contributed by atoms with van der Waals surface area (Å²) in [5.41, 5.74) is 13.2. The van der Waals surface area contributed by atoms with Crippen molar-refractivity contribution in [2.45, 2.75) is 32.8 Å². The molecule has 0 radical (unpaired) electrons. The van der Waals surface area contributed by atoms with E-state index in [0.717, 1.165) is 33.4 Å². The lowest BCUT2D eigenvalue weighted by molar-refractivity contribution is -0.136. The summed E-state index contributed by atoms with van der Waals surface area (Å²) in [6, 6.07) is 19.7. The molecule has 0 amide bonds. The second kappa shape index (κ2) is 8.47. The van der Waals surface area contributed by atoms with Crippen LogP contribution in [0.15, 0.2) is 60.7 Å². The maximum absolute atomic E-state index is 11.1. The third-order valence-corrected chi connectivity index (χ3v) is 5.17. The lowest BCUT2D eigenvalue weighted by Gasteiger charge is -2.14. The highest BCUT2D eigenvalue weighted by molar-refractivity contribution is 5.73. The van der Waals surface area contributed by atoms with Crippen molar-refractivity contribution < 1.29 is 19.4 Å². The summed E-state index contributed by atoms with van der Waals surface area (Å²) in [7, 11) is 0. The zero-order valence-electron chi connectivity index (χ0n) is 16.1. The summed E-state index contributed by atoms with van der Waals surface area (Å²) < 4.78 is 11.8. The number of ether oxygens (including phenoxy) is 2. The van der Waals surface area contributed by atoms with E-state index < -0.39 is 5.97 Å². The number of carbonyl (C=O) groups is 1. The Balaban J connectivity index is 1.63. The fourth-order valence-corrected chi connectivity index (χ4v) is 3.72. The first-order valence-corrected chi connectivity index (χ1v) is 9.59. The van der Waals surface area contributed by atoms with Crippen LogP contribution >= 0.6 is 0 Å². The standard InChI is InChI=1S/C24H23NO4/c25-12-18-5-3-6-20-21-10-16(8-9-19(21)14-28-15-22(18)20)13-29-23-7-2-1-4-17(23)11-24(26)27/h1-10H,11-15,25H2,(H,26,27). The number of para-hydroxylation sites is 1. The molecule has 0 aliphatic carbocycles. The fourth-order valence-electron chi connectivity index (χ4n) is 3.72. The number of nitrogens with two attached hydrogens (primary N) is 1. The molecule has 1 aliphatic rings. The van der Waals surface area contributed by atoms with E-state index in [9.17, 15) is 4.79 Å². The van der Waals surface area contributed by atoms with Gasteiger partial charge in [-0.15, -0.1) is 0 Å². The molecule has 0 bridgehead atoms. The van der Waals surface area contributed by atoms with E-state index in [4.69, 9.17) is 20.3 Å². The molecular formula is C24H23NO4. The molecule has 0 saturated heterocycles. The van der Waals surface area contributed by atoms with Gasteiger partial charge in [0.25, 0.3) is 0 Å². The Kier molecular flexibility index (Phi) is 5.60. The fraction of sp³-hybridized carbons (Fsp3) is 0.208. The maximum Gasteiger partial charge on any atom is 0.307 e. The lowest BCUT2D eigenvalue weighted by Crippen LogP contribution is -2.04. The largest absolute Gasteiger partial charge is 0.489 e. The zero-order valence-corrected chi connectivity index (χ0v) is 16.1. The highest BCUT2D eigenvalue weighted by Crippen LogP contribution is 2.34. The molecule has 0 spiro atoms. The van der Waals surface area contributed by atoms with Crippen LogP contribution < -0.4 is 10.5 Å². The Morgan fingerprint density at radius 3 is 2.66 bits per heavy atom. The number of carboxylic acids is 1. The van der Waals surface area contributed by atoms with Crippen molar-refractivity contribution in [3.8, 4) is 16.9 Å². The Morgan fingerprint density at radius 1 is 1.00 bits per heavy atom. The van der Waals surface area contributed by atoms with Gasteiger partial charge in [-0.2, -0.15) is 0 Å². The van der Waals surface area contributed by atoms with E-state index in [1.807, 2.05) is 30.3 Å². The van der Waals surface area contributed by atoms with E-state index in [2.05, 4.69) is 18.2 Å². The molecule has 148 valence electrons. The summed E-state index contributed by atoms with van der Waals surface area (Å²) in [6.45, 7) is 1.93. The molecule has 3 aromatic rings. The number of aliphatic carboxylic acids is 1. The summed E-state index contributed by atoms with van der Waals surface area (Å²) in [5, 5.41) is 9.10. The van der Waals surface area contributed by atoms with E-state index in [0.29, 0.717) is 37.7 Å². The highest BCUT2D eigenvalue weighted by Gasteiger charge is 2.17. The van der Waals surface area contributed by atoms with Crippen LogP contribution in [0.1, 0.15) is 27.8 Å². The predicted molar refractivity (Wildman–Crippen MR) is 110 cm³/mol. The molecule has 1 heterocycles. The Hall–Kier alpha value is -3.15. The first-order chi connectivity index (χ1) is 14.2. The van der Waals surface area contributed by atoms with Crippen LogP contribution in [-0.2, 0) is 42.3 Å². The van der Waals surface area contributed by atoms with Gasteiger partial charge in [0.1, 0.15) is 12.4 Å². The topological polar surface area (TPSA) is 81.8 Å². The molecule has 0 saturated carbocycles. The molecule has 3 aromatic carbocycles. The van der Waals surface area contributed by atoms with Crippen molar-refractivity contribution in [3.05, 3.63) is 88.5 Å². The van der Waals surface area contributed by atoms with Gasteiger partial charge in [0.05, 0.1) is 19.6 Å². The average molecular weight is 389 g/mol. The first kappa shape index (κ1) is 19.2. The van der Waals surface area contributed by atoms with Crippen molar-refractivity contribution in [2.75, 3.05) is 0 Å². The van der Waals surface area contributed by atoms with Crippen LogP contribution in [0.5, 0.6) is 5.75 Å². The van der Waals surface area contributed by atoms with Gasteiger partial charge < -0.3 is 20.3 Å². The van der Waals surface area contributed by atoms with Crippen LogP contribution in [-0.4, -0.2) is 11.1 Å². The average Bonchev–Trinajstić information content (AvgIpc) is 2.91. The van der Waals surface area contributed by atoms with Crippen molar-refractivity contribution in [2.24, 2.45) is 5.73 Å². The summed E-state index contributed by atoms with van der Waals surface area (Å²) >= 11 is 0. The van der Waals surface area contributed by atoms with Crippen LogP contribution in [0.4, 0.5) is 0 Å². The number of benzene rings is 3. The lowest BCUT2D eigenvalue weighted by atomic mass is 9.92. The number of hydrogen-bond acceptors (Lipinski definition) is 4. The van der Waals surface area contributed by atoms with E-state index in [-0.39, 0.29) is 6.42 Å². The molecule has 0 unspecified atom stereocenters. The third-order valence-electron chi connectivity index (χ3n) is 5.17. The van der Waals surface area contributed by atoms with Gasteiger partial charge in [-0.05, 0) is 45.5 Å². The zero-order chi connectivity index (χ0) is 20.2. The molecule has 0 atom stereocenters. The van der Waals surface area contributed by atoms with Gasteiger partial charge in [0, 0.05) is 12.1 Å². The summed E-state index contributed by atoms with van der Waals surface area (Å²) in [4.78, 5) is 11.1. The molecule has 5 heteroatoms. The second-order valence-electron chi connectivity index (χ2n) is 7.10. The quantitative estimate of drug-likeness (QED) is 0.665. The van der Waals surface area contributed by atoms with Crippen LogP contribution in [0.25, 0.3) is 11.1 Å². The van der Waals surface area contributed by atoms with Crippen molar-refractivity contribution >= 4 is 5.97 Å². The Bertz CT molecular complexity index is 1040. The van der Waals surface area contributed by atoms with Gasteiger partial charge in [0.15, 0.2) is 0 Å². The van der Waals surface area contributed by atoms with E-state index >= 15 is 0 Å². The first-order valence-electron chi connectivity index (χ1n) is 9.59. The minimum atomic E-state index is -0.876. The van der Waals surface area contributed by atoms with Gasteiger partial charge in [-0.25, -0.2) is 0 Å². The SMILES string of the molecule is NCc1cccc2c1COCc1ccc(COc3ccccc3CC(=O)O)cc1-2. The molecule has 3 N–H and O–H groups in total. The molecule has 29 heavy (non-hydrogen) atoms. The Morgan fingerprint density at radius 2 is 1.83 bits per heavy atom. The minimum Gasteiger partial charge on any atom is -0.489 e. The van der Waals surface area contributed by atoms with E-state index in [1.165, 1.54) is 0 Å². The van der Waals surface area contributed by atoms with Crippen molar-refractivity contribution in [1.82, 2.24) is 0 Å². The molecule has 0 fully saturated rings. The molecule has 4 rings (SSSR count). The smallest absolute Gasteiger partial charge is 0.307 e. The highest BCUT2D eigenvalue weighted by atomic mass is 16.5. The maximum atomic E-state index is 11.1. The predicted octanol–water partition coefficient (Wildman–Crippen LogP) is 4.05. The molecular weight excluding hydrogens is 366 g/mol. The number of hydrogen-bond donors (Lipinski definition) is 2. The van der Waals surface area contributed by atoms with Gasteiger partial charge in [-0.1, -0.05) is 48.5 Å². The minimum absolute atomic E-state index is 0.0626. The van der Waals surface area contributed by atoms with Crippen LogP contribution in [0, 0.1) is 0 Å². The number of fused-ring (bicyclic) bond motifs is 3. The third kappa shape index (κ3) is 4.16. The van der Waals surface area contributed by atoms with Crippen molar-refractivity contribution in [1.29, 1.82) is 0 Å². The van der Waals surface area contributed by atoms with Crippen molar-refractivity contribution in [3.63, 3.8) is 0 Å². The molecule has 5 nitrogen and oxygen atoms in total. The normalized spacial score (nSPS) is 12.6. The van der Waals surface area contributed by atoms with Crippen LogP contribution in [0.2, 0.25) is 0 Å². The van der Waals surface area contributed by atoms with Gasteiger partial charge in [-0.3, -0.25) is 4.79 Å².